The van der Waals surface area contributed by atoms with Crippen molar-refractivity contribution in [1.82, 2.24) is 4.98 Å². The molecule has 1 fully saturated rings. The lowest BCUT2D eigenvalue weighted by Crippen LogP contribution is -2.38. The molecule has 0 radical (unpaired) electrons. The van der Waals surface area contributed by atoms with E-state index >= 15 is 0 Å². The normalized spacial score (nSPS) is 17.3. The Bertz CT molecular complexity index is 1070. The Morgan fingerprint density at radius 3 is 2.59 bits per heavy atom. The lowest BCUT2D eigenvalue weighted by atomic mass is 10.2. The minimum Gasteiger partial charge on any atom is -0.467 e. The van der Waals surface area contributed by atoms with Crippen LogP contribution in [0.15, 0.2) is 64.2 Å². The molecule has 4 rings (SSSR count). The first-order valence-electron chi connectivity index (χ1n) is 8.76. The molecule has 1 aromatic carbocycles. The van der Waals surface area contributed by atoms with E-state index < -0.39 is 21.7 Å². The first-order chi connectivity index (χ1) is 13.9. The van der Waals surface area contributed by atoms with E-state index in [1.165, 1.54) is 12.3 Å². The molecule has 1 aliphatic heterocycles. The first-order valence-corrected chi connectivity index (χ1v) is 10.2. The maximum absolute atomic E-state index is 13.3. The van der Waals surface area contributed by atoms with Gasteiger partial charge in [0.15, 0.2) is 0 Å². The van der Waals surface area contributed by atoms with Crippen molar-refractivity contribution in [3.8, 4) is 0 Å². The van der Waals surface area contributed by atoms with E-state index in [9.17, 15) is 17.2 Å². The standard InChI is InChI=1S/C19H17F2N3O4S/c20-13-8-14(21)10-15(9-13)23-29(25,26)16-3-4-19(22-11-16)24-5-7-28-18(12-24)17-2-1-6-27-17/h1-4,6,8-11,18,23H,5,7,12H2. The number of nitrogens with one attached hydrogen (secondary N) is 1. The molecule has 3 heterocycles. The summed E-state index contributed by atoms with van der Waals surface area (Å²) in [7, 11) is -4.04. The Hall–Kier alpha value is -2.98. The Labute approximate surface area is 166 Å². The zero-order valence-electron chi connectivity index (χ0n) is 15.1. The molecule has 7 nitrogen and oxygen atoms in total. The van der Waals surface area contributed by atoms with Crippen LogP contribution in [0.1, 0.15) is 11.9 Å². The van der Waals surface area contributed by atoms with Gasteiger partial charge in [0.1, 0.15) is 34.2 Å². The number of benzene rings is 1. The van der Waals surface area contributed by atoms with Gasteiger partial charge in [-0.2, -0.15) is 0 Å². The number of morpholine rings is 1. The topological polar surface area (TPSA) is 84.7 Å². The number of ether oxygens (including phenoxy) is 1. The molecule has 1 atom stereocenters. The summed E-state index contributed by atoms with van der Waals surface area (Å²) in [4.78, 5) is 6.07. The molecule has 10 heteroatoms. The monoisotopic (exact) mass is 421 g/mol. The summed E-state index contributed by atoms with van der Waals surface area (Å²) in [5.41, 5.74) is -0.207. The molecule has 2 aromatic heterocycles. The van der Waals surface area contributed by atoms with Gasteiger partial charge in [0.05, 0.1) is 25.1 Å². The van der Waals surface area contributed by atoms with E-state index in [1.807, 2.05) is 11.0 Å². The lowest BCUT2D eigenvalue weighted by Gasteiger charge is -2.32. The molecule has 3 aromatic rings. The molecule has 0 spiro atoms. The number of hydrogen-bond donors (Lipinski definition) is 1. The zero-order valence-corrected chi connectivity index (χ0v) is 15.9. The van der Waals surface area contributed by atoms with Crippen LogP contribution in [0.5, 0.6) is 0 Å². The molecular weight excluding hydrogens is 404 g/mol. The van der Waals surface area contributed by atoms with E-state index in [2.05, 4.69) is 9.71 Å². The fourth-order valence-electron chi connectivity index (χ4n) is 3.05. The smallest absolute Gasteiger partial charge is 0.263 e. The number of nitrogens with zero attached hydrogens (tertiary/aromatic N) is 2. The van der Waals surface area contributed by atoms with E-state index in [-0.39, 0.29) is 16.7 Å². The molecule has 0 bridgehead atoms. The van der Waals surface area contributed by atoms with Crippen LogP contribution >= 0.6 is 0 Å². The Kier molecular flexibility index (Phi) is 5.20. The molecule has 1 saturated heterocycles. The van der Waals surface area contributed by atoms with Crippen LogP contribution < -0.4 is 9.62 Å². The molecular formula is C19H17F2N3O4S. The largest absolute Gasteiger partial charge is 0.467 e. The molecule has 29 heavy (non-hydrogen) atoms. The van der Waals surface area contributed by atoms with Crippen LogP contribution in [0.3, 0.4) is 0 Å². The maximum atomic E-state index is 13.3. The number of anilines is 2. The van der Waals surface area contributed by atoms with Crippen LogP contribution in [0.2, 0.25) is 0 Å². The highest BCUT2D eigenvalue weighted by atomic mass is 32.2. The van der Waals surface area contributed by atoms with Gasteiger partial charge < -0.3 is 14.1 Å². The van der Waals surface area contributed by atoms with Crippen molar-refractivity contribution in [2.75, 3.05) is 29.3 Å². The number of sulfonamides is 1. The second kappa shape index (κ2) is 7.80. The molecule has 152 valence electrons. The molecule has 0 amide bonds. The number of aromatic nitrogens is 1. The predicted octanol–water partition coefficient (Wildman–Crippen LogP) is 3.33. The number of rotatable bonds is 5. The van der Waals surface area contributed by atoms with Gasteiger partial charge in [0, 0.05) is 18.8 Å². The van der Waals surface area contributed by atoms with Gasteiger partial charge in [-0.05, 0) is 36.4 Å². The summed E-state index contributed by atoms with van der Waals surface area (Å²) >= 11 is 0. The van der Waals surface area contributed by atoms with Crippen molar-refractivity contribution in [3.63, 3.8) is 0 Å². The maximum Gasteiger partial charge on any atom is 0.263 e. The summed E-state index contributed by atoms with van der Waals surface area (Å²) in [6.07, 6.45) is 2.53. The van der Waals surface area contributed by atoms with E-state index in [0.29, 0.717) is 37.3 Å². The summed E-state index contributed by atoms with van der Waals surface area (Å²) in [5, 5.41) is 0. The minimum atomic E-state index is -4.04. The second-order valence-electron chi connectivity index (χ2n) is 6.44. The number of hydrogen-bond acceptors (Lipinski definition) is 6. The van der Waals surface area contributed by atoms with Gasteiger partial charge in [0.2, 0.25) is 0 Å². The highest BCUT2D eigenvalue weighted by molar-refractivity contribution is 7.92. The van der Waals surface area contributed by atoms with Crippen LogP contribution in [-0.4, -0.2) is 33.1 Å². The summed E-state index contributed by atoms with van der Waals surface area (Å²) in [5.74, 6) is -0.467. The first kappa shape index (κ1) is 19.3. The predicted molar refractivity (Wildman–Crippen MR) is 101 cm³/mol. The van der Waals surface area contributed by atoms with Gasteiger partial charge in [0.25, 0.3) is 10.0 Å². The van der Waals surface area contributed by atoms with Crippen LogP contribution in [0, 0.1) is 11.6 Å². The van der Waals surface area contributed by atoms with Gasteiger partial charge in [-0.3, -0.25) is 4.72 Å². The number of furan rings is 1. The Morgan fingerprint density at radius 1 is 1.14 bits per heavy atom. The summed E-state index contributed by atoms with van der Waals surface area (Å²) < 4.78 is 64.8. The molecule has 0 saturated carbocycles. The Morgan fingerprint density at radius 2 is 1.93 bits per heavy atom. The number of halogens is 2. The van der Waals surface area contributed by atoms with Gasteiger partial charge >= 0.3 is 0 Å². The summed E-state index contributed by atoms with van der Waals surface area (Å²) in [6.45, 7) is 1.57. The van der Waals surface area contributed by atoms with Crippen LogP contribution in [-0.2, 0) is 14.8 Å². The third kappa shape index (κ3) is 4.38. The second-order valence-corrected chi connectivity index (χ2v) is 8.12. The fourth-order valence-corrected chi connectivity index (χ4v) is 4.03. The van der Waals surface area contributed by atoms with E-state index in [1.54, 1.807) is 18.4 Å². The van der Waals surface area contributed by atoms with Gasteiger partial charge in [-0.1, -0.05) is 0 Å². The quantitative estimate of drug-likeness (QED) is 0.680. The lowest BCUT2D eigenvalue weighted by molar-refractivity contribution is 0.0255. The highest BCUT2D eigenvalue weighted by Crippen LogP contribution is 2.26. The summed E-state index contributed by atoms with van der Waals surface area (Å²) in [6, 6.07) is 9.02. The van der Waals surface area contributed by atoms with Crippen molar-refractivity contribution in [2.24, 2.45) is 0 Å². The van der Waals surface area contributed by atoms with E-state index in [0.717, 1.165) is 12.1 Å². The minimum absolute atomic E-state index is 0.123. The highest BCUT2D eigenvalue weighted by Gasteiger charge is 2.25. The number of pyridine rings is 1. The van der Waals surface area contributed by atoms with Gasteiger partial charge in [-0.15, -0.1) is 0 Å². The third-order valence-electron chi connectivity index (χ3n) is 4.40. The van der Waals surface area contributed by atoms with Gasteiger partial charge in [-0.25, -0.2) is 22.2 Å². The zero-order chi connectivity index (χ0) is 20.4. The van der Waals surface area contributed by atoms with Crippen molar-refractivity contribution in [1.29, 1.82) is 0 Å². The van der Waals surface area contributed by atoms with Crippen molar-refractivity contribution in [2.45, 2.75) is 11.0 Å². The SMILES string of the molecule is O=S(=O)(Nc1cc(F)cc(F)c1)c1ccc(N2CCOC(c3ccco3)C2)nc1. The van der Waals surface area contributed by atoms with Crippen molar-refractivity contribution < 1.29 is 26.4 Å². The van der Waals surface area contributed by atoms with Crippen LogP contribution in [0.25, 0.3) is 0 Å². The molecule has 1 aliphatic rings. The fraction of sp³-hybridized carbons (Fsp3) is 0.211. The Balaban J connectivity index is 1.49. The molecule has 1 N–H and O–H groups in total. The van der Waals surface area contributed by atoms with Crippen molar-refractivity contribution >= 4 is 21.5 Å². The van der Waals surface area contributed by atoms with Crippen molar-refractivity contribution in [3.05, 3.63) is 72.3 Å². The average Bonchev–Trinajstić information content (AvgIpc) is 3.22. The molecule has 1 unspecified atom stereocenters. The van der Waals surface area contributed by atoms with E-state index in [4.69, 9.17) is 9.15 Å². The average molecular weight is 421 g/mol. The van der Waals surface area contributed by atoms with Crippen LogP contribution in [0.4, 0.5) is 20.3 Å². The third-order valence-corrected chi connectivity index (χ3v) is 5.76. The molecule has 0 aliphatic carbocycles.